The van der Waals surface area contributed by atoms with Gasteiger partial charge in [-0.3, -0.25) is 4.79 Å². The summed E-state index contributed by atoms with van der Waals surface area (Å²) in [7, 11) is 3.40. The predicted octanol–water partition coefficient (Wildman–Crippen LogP) is 2.92. The summed E-state index contributed by atoms with van der Waals surface area (Å²) in [6.45, 7) is 1.77. The molecule has 8 heteroatoms. The zero-order chi connectivity index (χ0) is 19.4. The van der Waals surface area contributed by atoms with E-state index in [1.165, 1.54) is 24.9 Å². The number of fused-ring (bicyclic) bond motifs is 1. The van der Waals surface area contributed by atoms with Crippen LogP contribution in [0.2, 0.25) is 0 Å². The number of carbonyl (C=O) groups is 1. The molecule has 0 aliphatic rings. The molecule has 3 rings (SSSR count). The minimum Gasteiger partial charge on any atom is -0.504 e. The number of aromatic hydroxyl groups is 1. The summed E-state index contributed by atoms with van der Waals surface area (Å²) in [6, 6.07) is 12.7. The van der Waals surface area contributed by atoms with Crippen molar-refractivity contribution in [2.75, 3.05) is 12.9 Å². The third-order valence-electron chi connectivity index (χ3n) is 4.02. The van der Waals surface area contributed by atoms with E-state index in [1.807, 2.05) is 35.9 Å². The lowest BCUT2D eigenvalue weighted by molar-refractivity contribution is -0.118. The lowest BCUT2D eigenvalue weighted by Gasteiger charge is -2.07. The van der Waals surface area contributed by atoms with Crippen molar-refractivity contribution in [3.63, 3.8) is 0 Å². The van der Waals surface area contributed by atoms with Crippen LogP contribution in [0.25, 0.3) is 11.0 Å². The van der Waals surface area contributed by atoms with Crippen LogP contribution in [-0.4, -0.2) is 39.1 Å². The number of thioether (sulfide) groups is 1. The second kappa shape index (κ2) is 8.13. The molecule has 0 saturated carbocycles. The van der Waals surface area contributed by atoms with E-state index in [4.69, 9.17) is 4.74 Å². The lowest BCUT2D eigenvalue weighted by atomic mass is 10.1. The second-order valence-electron chi connectivity index (χ2n) is 5.85. The first kappa shape index (κ1) is 18.8. The van der Waals surface area contributed by atoms with Gasteiger partial charge in [-0.1, -0.05) is 23.9 Å². The Hall–Kier alpha value is -3.00. The van der Waals surface area contributed by atoms with E-state index in [0.29, 0.717) is 11.5 Å². The van der Waals surface area contributed by atoms with Crippen LogP contribution in [0.4, 0.5) is 0 Å². The molecule has 0 spiro atoms. The molecular weight excluding hydrogens is 364 g/mol. The van der Waals surface area contributed by atoms with E-state index >= 15 is 0 Å². The summed E-state index contributed by atoms with van der Waals surface area (Å²) in [5.41, 5.74) is 5.82. The van der Waals surface area contributed by atoms with Crippen molar-refractivity contribution in [2.45, 2.75) is 12.1 Å². The number of nitrogens with zero attached hydrogens (tertiary/aromatic N) is 3. The Balaban J connectivity index is 1.61. The Morgan fingerprint density at radius 2 is 2.11 bits per heavy atom. The van der Waals surface area contributed by atoms with Crippen molar-refractivity contribution < 1.29 is 14.6 Å². The average Bonchev–Trinajstić information content (AvgIpc) is 3.01. The molecule has 1 amide bonds. The summed E-state index contributed by atoms with van der Waals surface area (Å²) in [5, 5.41) is 14.5. The van der Waals surface area contributed by atoms with E-state index < -0.39 is 0 Å². The first-order valence-electron chi connectivity index (χ1n) is 8.24. The van der Waals surface area contributed by atoms with Crippen LogP contribution in [0.5, 0.6) is 11.5 Å². The van der Waals surface area contributed by atoms with Gasteiger partial charge in [0.05, 0.1) is 29.6 Å². The standard InChI is InChI=1S/C19H20N4O3S/c1-12(13-8-9-16(24)17(10-13)26-3)21-22-18(25)11-27-19-20-14-6-4-5-7-15(14)23(19)2/h4-10,24H,11H2,1-3H3,(H,22,25)/b21-12-. The highest BCUT2D eigenvalue weighted by molar-refractivity contribution is 7.99. The van der Waals surface area contributed by atoms with E-state index in [9.17, 15) is 9.90 Å². The number of methoxy groups -OCH3 is 1. The molecule has 0 atom stereocenters. The molecule has 27 heavy (non-hydrogen) atoms. The van der Waals surface area contributed by atoms with Gasteiger partial charge in [0.2, 0.25) is 0 Å². The number of para-hydroxylation sites is 2. The molecule has 2 aromatic carbocycles. The van der Waals surface area contributed by atoms with Crippen molar-refractivity contribution in [3.8, 4) is 11.5 Å². The van der Waals surface area contributed by atoms with Crippen LogP contribution in [0, 0.1) is 0 Å². The van der Waals surface area contributed by atoms with Crippen molar-refractivity contribution >= 4 is 34.4 Å². The number of imidazole rings is 1. The summed E-state index contributed by atoms with van der Waals surface area (Å²) < 4.78 is 7.04. The van der Waals surface area contributed by atoms with Crippen LogP contribution >= 0.6 is 11.8 Å². The monoisotopic (exact) mass is 384 g/mol. The number of nitrogens with one attached hydrogen (secondary N) is 1. The zero-order valence-electron chi connectivity index (χ0n) is 15.3. The molecule has 0 unspecified atom stereocenters. The molecule has 140 valence electrons. The van der Waals surface area contributed by atoms with Gasteiger partial charge in [0.25, 0.3) is 5.91 Å². The van der Waals surface area contributed by atoms with Gasteiger partial charge in [-0.2, -0.15) is 5.10 Å². The predicted molar refractivity (Wildman–Crippen MR) is 106 cm³/mol. The number of hydrogen-bond donors (Lipinski definition) is 2. The minimum atomic E-state index is -0.225. The number of aryl methyl sites for hydroxylation is 1. The number of ether oxygens (including phenoxy) is 1. The second-order valence-corrected chi connectivity index (χ2v) is 6.79. The largest absolute Gasteiger partial charge is 0.504 e. The van der Waals surface area contributed by atoms with Gasteiger partial charge in [0, 0.05) is 12.6 Å². The average molecular weight is 384 g/mol. The normalized spacial score (nSPS) is 11.6. The summed E-state index contributed by atoms with van der Waals surface area (Å²) in [5.74, 6) is 0.382. The highest BCUT2D eigenvalue weighted by atomic mass is 32.2. The topological polar surface area (TPSA) is 88.7 Å². The zero-order valence-corrected chi connectivity index (χ0v) is 16.1. The lowest BCUT2D eigenvalue weighted by Crippen LogP contribution is -2.21. The highest BCUT2D eigenvalue weighted by Crippen LogP contribution is 2.26. The smallest absolute Gasteiger partial charge is 0.250 e. The summed E-state index contributed by atoms with van der Waals surface area (Å²) in [6.07, 6.45) is 0. The van der Waals surface area contributed by atoms with Gasteiger partial charge < -0.3 is 14.4 Å². The number of phenols is 1. The first-order valence-corrected chi connectivity index (χ1v) is 9.23. The molecule has 3 aromatic rings. The summed E-state index contributed by atoms with van der Waals surface area (Å²) in [4.78, 5) is 16.6. The molecule has 0 aliphatic carbocycles. The van der Waals surface area contributed by atoms with E-state index in [2.05, 4.69) is 15.5 Å². The maximum Gasteiger partial charge on any atom is 0.250 e. The van der Waals surface area contributed by atoms with Gasteiger partial charge in [-0.25, -0.2) is 10.4 Å². The van der Waals surface area contributed by atoms with E-state index in [1.54, 1.807) is 19.1 Å². The third-order valence-corrected chi connectivity index (χ3v) is 5.05. The van der Waals surface area contributed by atoms with E-state index in [0.717, 1.165) is 21.8 Å². The summed E-state index contributed by atoms with van der Waals surface area (Å²) >= 11 is 1.35. The fraction of sp³-hybridized carbons (Fsp3) is 0.211. The maximum absolute atomic E-state index is 12.1. The number of aromatic nitrogens is 2. The Kier molecular flexibility index (Phi) is 5.66. The number of amides is 1. The molecule has 0 bridgehead atoms. The molecule has 2 N–H and O–H groups in total. The Labute approximate surface area is 161 Å². The van der Waals surface area contributed by atoms with Gasteiger partial charge in [-0.15, -0.1) is 0 Å². The van der Waals surface area contributed by atoms with Crippen molar-refractivity contribution in [3.05, 3.63) is 48.0 Å². The number of rotatable bonds is 6. The van der Waals surface area contributed by atoms with Crippen LogP contribution in [0.3, 0.4) is 0 Å². The van der Waals surface area contributed by atoms with Crippen LogP contribution < -0.4 is 10.2 Å². The number of phenolic OH excluding ortho intramolecular Hbond substituents is 1. The molecule has 7 nitrogen and oxygen atoms in total. The Bertz CT molecular complexity index is 1010. The Morgan fingerprint density at radius 3 is 2.85 bits per heavy atom. The van der Waals surface area contributed by atoms with Crippen molar-refractivity contribution in [2.24, 2.45) is 12.1 Å². The van der Waals surface area contributed by atoms with E-state index in [-0.39, 0.29) is 17.4 Å². The van der Waals surface area contributed by atoms with Crippen molar-refractivity contribution in [1.29, 1.82) is 0 Å². The SMILES string of the molecule is COc1cc(/C(C)=N\NC(=O)CSc2nc3ccccc3n2C)ccc1O. The fourth-order valence-corrected chi connectivity index (χ4v) is 3.31. The number of benzene rings is 2. The molecular formula is C19H20N4O3S. The molecule has 1 heterocycles. The molecule has 0 radical (unpaired) electrons. The third kappa shape index (κ3) is 4.22. The van der Waals surface area contributed by atoms with Gasteiger partial charge in [-0.05, 0) is 37.3 Å². The Morgan fingerprint density at radius 1 is 1.33 bits per heavy atom. The number of carbonyl (C=O) groups excluding carboxylic acids is 1. The minimum absolute atomic E-state index is 0.0527. The van der Waals surface area contributed by atoms with Gasteiger partial charge >= 0.3 is 0 Å². The number of hydrazone groups is 1. The molecule has 0 aliphatic heterocycles. The first-order chi connectivity index (χ1) is 13.0. The molecule has 0 fully saturated rings. The van der Waals surface area contributed by atoms with Gasteiger partial charge in [0.15, 0.2) is 16.7 Å². The number of hydrogen-bond acceptors (Lipinski definition) is 6. The van der Waals surface area contributed by atoms with Crippen LogP contribution in [0.15, 0.2) is 52.7 Å². The maximum atomic E-state index is 12.1. The quantitative estimate of drug-likeness (QED) is 0.388. The highest BCUT2D eigenvalue weighted by Gasteiger charge is 2.10. The van der Waals surface area contributed by atoms with Crippen molar-refractivity contribution in [1.82, 2.24) is 15.0 Å². The van der Waals surface area contributed by atoms with Gasteiger partial charge in [0.1, 0.15) is 0 Å². The fourth-order valence-electron chi connectivity index (χ4n) is 2.53. The molecule has 0 saturated heterocycles. The van der Waals surface area contributed by atoms with Crippen LogP contribution in [-0.2, 0) is 11.8 Å². The molecule has 1 aromatic heterocycles. The van der Waals surface area contributed by atoms with Crippen LogP contribution in [0.1, 0.15) is 12.5 Å².